The molecular formula is C20H10F2O8S. The molecule has 31 heavy (non-hydrogen) atoms. The van der Waals surface area contributed by atoms with E-state index < -0.39 is 61.0 Å². The highest BCUT2D eigenvalue weighted by Gasteiger charge is 2.57. The number of phenols is 2. The molecule has 0 amide bonds. The van der Waals surface area contributed by atoms with E-state index in [4.69, 9.17) is 9.47 Å². The van der Waals surface area contributed by atoms with Crippen LogP contribution in [0.2, 0.25) is 0 Å². The van der Waals surface area contributed by atoms with Gasteiger partial charge in [-0.2, -0.15) is 8.42 Å². The van der Waals surface area contributed by atoms with Crippen molar-refractivity contribution in [3.63, 3.8) is 0 Å². The van der Waals surface area contributed by atoms with Gasteiger partial charge in [0, 0.05) is 17.7 Å². The summed E-state index contributed by atoms with van der Waals surface area (Å²) in [6, 6.07) is 8.06. The van der Waals surface area contributed by atoms with Gasteiger partial charge >= 0.3 is 5.97 Å². The number of halogens is 2. The van der Waals surface area contributed by atoms with Gasteiger partial charge in [0.15, 0.2) is 28.7 Å². The molecule has 0 bridgehead atoms. The standard InChI is InChI=1S/C20H10F2O8S/c21-11-5-10-14(6-12(11)23)29-15-7-13(24)17(22)18(31(26,27)28)16(15)20(10)9-4-2-1-3-8(9)19(25)30-20/h1-7,23-24H,(H,26,27,28). The summed E-state index contributed by atoms with van der Waals surface area (Å²) in [5, 5.41) is 19.7. The number of benzene rings is 3. The molecule has 3 aromatic carbocycles. The van der Waals surface area contributed by atoms with Crippen LogP contribution in [-0.4, -0.2) is 29.2 Å². The first-order valence-corrected chi connectivity index (χ1v) is 10.1. The summed E-state index contributed by atoms with van der Waals surface area (Å²) in [6.45, 7) is 0. The summed E-state index contributed by atoms with van der Waals surface area (Å²) in [6.07, 6.45) is 0. The zero-order valence-electron chi connectivity index (χ0n) is 15.1. The zero-order valence-corrected chi connectivity index (χ0v) is 15.9. The Morgan fingerprint density at radius 2 is 1.61 bits per heavy atom. The molecule has 1 unspecified atom stereocenters. The zero-order chi connectivity index (χ0) is 22.3. The van der Waals surface area contributed by atoms with Crippen molar-refractivity contribution in [1.82, 2.24) is 0 Å². The van der Waals surface area contributed by atoms with E-state index in [9.17, 15) is 36.8 Å². The number of carbonyl (C=O) groups is 1. The second-order valence-electron chi connectivity index (χ2n) is 6.91. The Labute approximate surface area is 172 Å². The minimum Gasteiger partial charge on any atom is -0.505 e. The van der Waals surface area contributed by atoms with Crippen molar-refractivity contribution in [3.8, 4) is 23.0 Å². The molecule has 0 saturated heterocycles. The Morgan fingerprint density at radius 1 is 0.935 bits per heavy atom. The first-order valence-electron chi connectivity index (χ1n) is 8.63. The molecule has 5 rings (SSSR count). The molecule has 158 valence electrons. The number of hydrogen-bond donors (Lipinski definition) is 3. The normalized spacial score (nSPS) is 18.7. The number of ether oxygens (including phenoxy) is 2. The van der Waals surface area contributed by atoms with Crippen molar-refractivity contribution in [2.45, 2.75) is 10.5 Å². The molecule has 3 N–H and O–H groups in total. The molecule has 2 aliphatic heterocycles. The number of fused-ring (bicyclic) bond motifs is 6. The molecule has 11 heteroatoms. The van der Waals surface area contributed by atoms with Gasteiger partial charge in [-0.05, 0) is 12.1 Å². The fourth-order valence-electron chi connectivity index (χ4n) is 4.01. The maximum Gasteiger partial charge on any atom is 0.340 e. The highest BCUT2D eigenvalue weighted by molar-refractivity contribution is 7.86. The second-order valence-corrected chi connectivity index (χ2v) is 8.26. The van der Waals surface area contributed by atoms with E-state index in [0.717, 1.165) is 18.2 Å². The van der Waals surface area contributed by atoms with E-state index in [-0.39, 0.29) is 22.4 Å². The van der Waals surface area contributed by atoms with Gasteiger partial charge in [-0.3, -0.25) is 4.55 Å². The van der Waals surface area contributed by atoms with Gasteiger partial charge in [0.1, 0.15) is 16.4 Å². The monoisotopic (exact) mass is 448 g/mol. The third-order valence-corrected chi connectivity index (χ3v) is 6.10. The van der Waals surface area contributed by atoms with Crippen LogP contribution in [0.1, 0.15) is 27.0 Å². The minimum absolute atomic E-state index is 0.0193. The van der Waals surface area contributed by atoms with Crippen molar-refractivity contribution >= 4 is 16.1 Å². The van der Waals surface area contributed by atoms with Gasteiger partial charge < -0.3 is 19.7 Å². The van der Waals surface area contributed by atoms with Crippen LogP contribution in [0.5, 0.6) is 23.0 Å². The van der Waals surface area contributed by atoms with Crippen LogP contribution in [0.3, 0.4) is 0 Å². The summed E-state index contributed by atoms with van der Waals surface area (Å²) >= 11 is 0. The summed E-state index contributed by atoms with van der Waals surface area (Å²) in [5.41, 5.74) is -3.19. The first-order chi connectivity index (χ1) is 14.6. The topological polar surface area (TPSA) is 130 Å². The third-order valence-electron chi connectivity index (χ3n) is 5.20. The largest absolute Gasteiger partial charge is 0.505 e. The lowest BCUT2D eigenvalue weighted by atomic mass is 9.77. The third kappa shape index (κ3) is 2.41. The smallest absolute Gasteiger partial charge is 0.340 e. The van der Waals surface area contributed by atoms with Gasteiger partial charge in [-0.15, -0.1) is 0 Å². The molecular weight excluding hydrogens is 438 g/mol. The van der Waals surface area contributed by atoms with Crippen molar-refractivity contribution in [2.24, 2.45) is 0 Å². The lowest BCUT2D eigenvalue weighted by Crippen LogP contribution is -2.35. The Balaban J connectivity index is 2.03. The van der Waals surface area contributed by atoms with E-state index in [1.165, 1.54) is 24.3 Å². The van der Waals surface area contributed by atoms with Gasteiger partial charge in [0.05, 0.1) is 16.7 Å². The fraction of sp³-hybridized carbons (Fsp3) is 0.0500. The predicted molar refractivity (Wildman–Crippen MR) is 97.8 cm³/mol. The predicted octanol–water partition coefficient (Wildman–Crippen LogP) is 3.19. The molecule has 0 fully saturated rings. The number of aromatic hydroxyl groups is 2. The number of hydrogen-bond acceptors (Lipinski definition) is 7. The van der Waals surface area contributed by atoms with Gasteiger partial charge in [0.2, 0.25) is 0 Å². The lowest BCUT2D eigenvalue weighted by molar-refractivity contribution is 0.0210. The summed E-state index contributed by atoms with van der Waals surface area (Å²) in [4.78, 5) is 11.3. The van der Waals surface area contributed by atoms with Gasteiger partial charge in [0.25, 0.3) is 10.1 Å². The number of esters is 1. The molecule has 0 saturated carbocycles. The molecule has 0 aliphatic carbocycles. The maximum absolute atomic E-state index is 14.8. The van der Waals surface area contributed by atoms with Gasteiger partial charge in [-0.25, -0.2) is 13.6 Å². The van der Waals surface area contributed by atoms with Crippen LogP contribution in [-0.2, 0) is 20.5 Å². The van der Waals surface area contributed by atoms with Crippen LogP contribution in [0, 0.1) is 11.6 Å². The Hall–Kier alpha value is -3.70. The van der Waals surface area contributed by atoms with E-state index in [1.54, 1.807) is 0 Å². The highest BCUT2D eigenvalue weighted by Crippen LogP contribution is 2.59. The molecule has 0 radical (unpaired) electrons. The van der Waals surface area contributed by atoms with E-state index in [2.05, 4.69) is 0 Å². The van der Waals surface area contributed by atoms with Crippen molar-refractivity contribution < 1.29 is 46.2 Å². The van der Waals surface area contributed by atoms with Crippen LogP contribution in [0.25, 0.3) is 0 Å². The van der Waals surface area contributed by atoms with Crippen molar-refractivity contribution in [3.05, 3.63) is 76.4 Å². The Morgan fingerprint density at radius 3 is 2.32 bits per heavy atom. The van der Waals surface area contributed by atoms with Crippen LogP contribution >= 0.6 is 0 Å². The molecule has 1 spiro atoms. The van der Waals surface area contributed by atoms with E-state index >= 15 is 0 Å². The Bertz CT molecular complexity index is 1430. The van der Waals surface area contributed by atoms with Crippen LogP contribution in [0.15, 0.2) is 47.4 Å². The molecule has 8 nitrogen and oxygen atoms in total. The van der Waals surface area contributed by atoms with Gasteiger partial charge in [-0.1, -0.05) is 18.2 Å². The quantitative estimate of drug-likeness (QED) is 0.382. The first kappa shape index (κ1) is 19.3. The Kier molecular flexibility index (Phi) is 3.68. The summed E-state index contributed by atoms with van der Waals surface area (Å²) in [5.74, 6) is -6.54. The molecule has 0 aromatic heterocycles. The SMILES string of the molecule is O=C1OC2(c3cc(F)c(O)cc3Oc3cc(O)c(F)c(S(=O)(=O)O)c32)c2ccccc21. The van der Waals surface area contributed by atoms with E-state index in [0.29, 0.717) is 0 Å². The summed E-state index contributed by atoms with van der Waals surface area (Å²) < 4.78 is 74.3. The maximum atomic E-state index is 14.8. The summed E-state index contributed by atoms with van der Waals surface area (Å²) in [7, 11) is -5.35. The van der Waals surface area contributed by atoms with Crippen molar-refractivity contribution in [2.75, 3.05) is 0 Å². The van der Waals surface area contributed by atoms with Crippen molar-refractivity contribution in [1.29, 1.82) is 0 Å². The second kappa shape index (κ2) is 5.93. The highest BCUT2D eigenvalue weighted by atomic mass is 32.2. The average Bonchev–Trinajstić information content (AvgIpc) is 2.98. The number of carbonyl (C=O) groups excluding carboxylic acids is 1. The number of phenolic OH excluding ortho intramolecular Hbond substituents is 2. The van der Waals surface area contributed by atoms with E-state index in [1.807, 2.05) is 0 Å². The fourth-order valence-corrected chi connectivity index (χ4v) is 4.85. The van der Waals surface area contributed by atoms with Crippen LogP contribution < -0.4 is 4.74 Å². The van der Waals surface area contributed by atoms with Crippen LogP contribution in [0.4, 0.5) is 8.78 Å². The number of rotatable bonds is 1. The molecule has 1 atom stereocenters. The average molecular weight is 448 g/mol. The minimum atomic E-state index is -5.35. The molecule has 3 aromatic rings. The lowest BCUT2D eigenvalue weighted by Gasteiger charge is -2.37. The molecule has 2 heterocycles. The molecule has 2 aliphatic rings.